The number of carbonyl (C=O) groups is 5. The average Bonchev–Trinajstić information content (AvgIpc) is 3.77. The Bertz CT molecular complexity index is 2320. The normalized spacial score (nSPS) is 26.7. The molecule has 4 aromatic rings. The van der Waals surface area contributed by atoms with Gasteiger partial charge in [0.2, 0.25) is 23.6 Å². The van der Waals surface area contributed by atoms with Gasteiger partial charge in [-0.15, -0.1) is 11.3 Å². The van der Waals surface area contributed by atoms with E-state index in [1.807, 2.05) is 50.3 Å². The van der Waals surface area contributed by atoms with E-state index in [0.29, 0.717) is 34.1 Å². The molecule has 6 atom stereocenters. The number of likely N-dealkylation sites (tertiary alicyclic amines) is 1. The van der Waals surface area contributed by atoms with E-state index in [-0.39, 0.29) is 55.2 Å². The number of imide groups is 2. The maximum absolute atomic E-state index is 15.1. The average molecular weight is 755 g/mol. The van der Waals surface area contributed by atoms with E-state index in [2.05, 4.69) is 0 Å². The number of hydrogen-bond acceptors (Lipinski definition) is 8. The highest BCUT2D eigenvalue weighted by Gasteiger charge is 2.68. The fourth-order valence-electron chi connectivity index (χ4n) is 9.66. The Labute approximate surface area is 314 Å². The lowest BCUT2D eigenvalue weighted by Crippen LogP contribution is -2.49. The number of phenols is 1. The van der Waals surface area contributed by atoms with E-state index in [9.17, 15) is 29.4 Å². The molecule has 2 aromatic heterocycles. The van der Waals surface area contributed by atoms with Crippen LogP contribution in [0.1, 0.15) is 60.8 Å². The Kier molecular flexibility index (Phi) is 8.23. The summed E-state index contributed by atoms with van der Waals surface area (Å²) >= 11 is 7.86. The van der Waals surface area contributed by atoms with Crippen LogP contribution in [0.4, 0.5) is 5.82 Å². The number of thiophene rings is 1. The van der Waals surface area contributed by atoms with Crippen molar-refractivity contribution in [3.63, 3.8) is 0 Å². The number of amides is 4. The highest BCUT2D eigenvalue weighted by Crippen LogP contribution is 2.64. The number of carboxylic acid groups (broad SMARTS) is 1. The second kappa shape index (κ2) is 12.4. The van der Waals surface area contributed by atoms with Gasteiger partial charge in [0.05, 0.1) is 28.0 Å². The molecule has 2 saturated heterocycles. The number of aryl methyl sites for hydroxylation is 4. The maximum Gasteiger partial charge on any atom is 0.303 e. The molecule has 0 bridgehead atoms. The van der Waals surface area contributed by atoms with Crippen LogP contribution in [0.25, 0.3) is 20.7 Å². The van der Waals surface area contributed by atoms with Gasteiger partial charge in [0.15, 0.2) is 0 Å². The molecule has 1 saturated carbocycles. The van der Waals surface area contributed by atoms with Gasteiger partial charge in [0.1, 0.15) is 17.3 Å². The van der Waals surface area contributed by atoms with Crippen LogP contribution in [-0.4, -0.2) is 61.0 Å². The number of carbonyl (C=O) groups excluding carboxylic acids is 4. The van der Waals surface area contributed by atoms with Gasteiger partial charge in [-0.1, -0.05) is 35.4 Å². The van der Waals surface area contributed by atoms with Crippen molar-refractivity contribution in [2.24, 2.45) is 36.1 Å². The number of halogens is 1. The minimum atomic E-state index is -1.26. The van der Waals surface area contributed by atoms with Crippen molar-refractivity contribution in [3.8, 4) is 16.3 Å². The maximum atomic E-state index is 15.1. The van der Waals surface area contributed by atoms with Crippen LogP contribution in [0.5, 0.6) is 5.75 Å². The fourth-order valence-corrected chi connectivity index (χ4v) is 11.0. The molecule has 13 heteroatoms. The lowest BCUT2D eigenvalue weighted by atomic mass is 9.51. The zero-order valence-electron chi connectivity index (χ0n) is 30.0. The summed E-state index contributed by atoms with van der Waals surface area (Å²) in [5.74, 6) is -5.28. The smallest absolute Gasteiger partial charge is 0.303 e. The molecule has 2 aliphatic heterocycles. The number of anilines is 1. The quantitative estimate of drug-likeness (QED) is 0.157. The van der Waals surface area contributed by atoms with Crippen LogP contribution >= 0.6 is 22.9 Å². The molecule has 2 aliphatic carbocycles. The van der Waals surface area contributed by atoms with Gasteiger partial charge < -0.3 is 10.2 Å². The summed E-state index contributed by atoms with van der Waals surface area (Å²) in [6.07, 6.45) is 2.46. The molecule has 2 N–H and O–H groups in total. The molecule has 53 heavy (non-hydrogen) atoms. The third-order valence-electron chi connectivity index (χ3n) is 12.2. The van der Waals surface area contributed by atoms with Crippen molar-refractivity contribution in [1.82, 2.24) is 14.7 Å². The zero-order valence-corrected chi connectivity index (χ0v) is 31.5. The third-order valence-corrected chi connectivity index (χ3v) is 13.7. The lowest BCUT2D eigenvalue weighted by Gasteiger charge is -2.49. The van der Waals surface area contributed by atoms with Gasteiger partial charge in [-0.3, -0.25) is 33.6 Å². The summed E-state index contributed by atoms with van der Waals surface area (Å²) in [6, 6.07) is 11.2. The zero-order chi connectivity index (χ0) is 37.8. The van der Waals surface area contributed by atoms with Crippen molar-refractivity contribution in [2.45, 2.75) is 59.3 Å². The van der Waals surface area contributed by atoms with E-state index in [4.69, 9.17) is 16.7 Å². The monoisotopic (exact) mass is 754 g/mol. The number of rotatable bonds is 7. The molecule has 4 heterocycles. The number of carboxylic acids is 1. The molecule has 274 valence electrons. The van der Waals surface area contributed by atoms with Crippen molar-refractivity contribution >= 4 is 68.4 Å². The number of nitrogens with zero attached hydrogens (tertiary/aromatic N) is 4. The molecule has 2 aromatic carbocycles. The summed E-state index contributed by atoms with van der Waals surface area (Å²) in [5.41, 5.74) is 3.20. The SMILES string of the molecule is Cc1cc(C2C3=CCC4C(=O)N(CCCC(=O)O)C(=O)C4C3CC3C(=O)N(c4cc(-c5sc6ccc(Cl)cc6c5C)nn4C)C(=O)C32C)cc(C)c1O. The predicted octanol–water partition coefficient (Wildman–Crippen LogP) is 6.68. The first kappa shape index (κ1) is 35.2. The van der Waals surface area contributed by atoms with Gasteiger partial charge in [0.25, 0.3) is 0 Å². The van der Waals surface area contributed by atoms with Gasteiger partial charge in [-0.25, -0.2) is 4.90 Å². The Balaban J connectivity index is 1.22. The van der Waals surface area contributed by atoms with Gasteiger partial charge in [-0.05, 0) is 98.7 Å². The predicted molar refractivity (Wildman–Crippen MR) is 200 cm³/mol. The number of fused-ring (bicyclic) bond motifs is 5. The van der Waals surface area contributed by atoms with E-state index in [1.165, 1.54) is 9.80 Å². The summed E-state index contributed by atoms with van der Waals surface area (Å²) in [6.45, 7) is 7.43. The largest absolute Gasteiger partial charge is 0.507 e. The molecule has 11 nitrogen and oxygen atoms in total. The van der Waals surface area contributed by atoms with Crippen LogP contribution in [0, 0.1) is 49.9 Å². The van der Waals surface area contributed by atoms with E-state index < -0.39 is 41.0 Å². The molecular formula is C40H39ClN4O7S. The van der Waals surface area contributed by atoms with Crippen LogP contribution in [-0.2, 0) is 31.0 Å². The first-order valence-electron chi connectivity index (χ1n) is 17.8. The number of benzene rings is 2. The number of aromatic nitrogens is 2. The van der Waals surface area contributed by atoms with Crippen molar-refractivity contribution in [1.29, 1.82) is 0 Å². The molecule has 6 unspecified atom stereocenters. The summed E-state index contributed by atoms with van der Waals surface area (Å²) < 4.78 is 2.60. The molecular weight excluding hydrogens is 716 g/mol. The molecule has 0 radical (unpaired) electrons. The Morgan fingerprint density at radius 3 is 2.43 bits per heavy atom. The van der Waals surface area contributed by atoms with Gasteiger partial charge >= 0.3 is 5.97 Å². The number of aliphatic carboxylic acids is 1. The topological polar surface area (TPSA) is 150 Å². The summed E-state index contributed by atoms with van der Waals surface area (Å²) in [4.78, 5) is 72.2. The fraction of sp³-hybridized carbons (Fsp3) is 0.400. The molecule has 0 spiro atoms. The second-order valence-corrected chi connectivity index (χ2v) is 16.7. The van der Waals surface area contributed by atoms with E-state index in [0.717, 1.165) is 31.7 Å². The Morgan fingerprint density at radius 2 is 1.74 bits per heavy atom. The van der Waals surface area contributed by atoms with Crippen molar-refractivity contribution in [2.75, 3.05) is 11.4 Å². The molecule has 4 amide bonds. The third kappa shape index (κ3) is 5.12. The Hall–Kier alpha value is -4.81. The minimum absolute atomic E-state index is 0.0142. The Morgan fingerprint density at radius 1 is 1.02 bits per heavy atom. The van der Waals surface area contributed by atoms with Crippen molar-refractivity contribution < 1.29 is 34.2 Å². The molecule has 4 aliphatic rings. The van der Waals surface area contributed by atoms with Gasteiger partial charge in [0, 0.05) is 41.7 Å². The van der Waals surface area contributed by atoms with Crippen LogP contribution < -0.4 is 4.90 Å². The first-order chi connectivity index (χ1) is 25.1. The highest BCUT2D eigenvalue weighted by molar-refractivity contribution is 7.22. The van der Waals surface area contributed by atoms with Crippen LogP contribution in [0.2, 0.25) is 5.02 Å². The second-order valence-electron chi connectivity index (χ2n) is 15.2. The van der Waals surface area contributed by atoms with Crippen molar-refractivity contribution in [3.05, 3.63) is 75.3 Å². The summed E-state index contributed by atoms with van der Waals surface area (Å²) in [7, 11) is 1.71. The number of hydrogen-bond donors (Lipinski definition) is 2. The lowest BCUT2D eigenvalue weighted by molar-refractivity contribution is -0.142. The summed E-state index contributed by atoms with van der Waals surface area (Å²) in [5, 5.41) is 26.3. The van der Waals surface area contributed by atoms with Gasteiger partial charge in [-0.2, -0.15) is 5.10 Å². The number of phenolic OH excluding ortho intramolecular Hbond substituents is 1. The standard InChI is InChI=1S/C40H39ClN4O7S/c1-18-13-21(14-19(2)34(18)48)33-23-9-10-24-32(38(51)44(36(24)49)12-6-7-31(46)47)26(23)16-27-37(50)45(39(52)40(27,33)4)30-17-28(42-43(30)5)35-20(3)25-15-22(41)8-11-29(25)53-35/h8-9,11,13-15,17,24,26-27,32-33,48H,6-7,10,12,16H2,1-5H3,(H,46,47). The molecule has 8 rings (SSSR count). The first-order valence-corrected chi connectivity index (χ1v) is 19.0. The van der Waals surface area contributed by atoms with Crippen LogP contribution in [0.15, 0.2) is 48.0 Å². The number of allylic oxidation sites excluding steroid dienone is 2. The van der Waals surface area contributed by atoms with E-state index in [1.54, 1.807) is 43.0 Å². The highest BCUT2D eigenvalue weighted by atomic mass is 35.5. The molecule has 3 fully saturated rings. The van der Waals surface area contributed by atoms with E-state index >= 15 is 4.79 Å². The number of aromatic hydroxyl groups is 1. The van der Waals surface area contributed by atoms with Crippen LogP contribution in [0.3, 0.4) is 0 Å². The minimum Gasteiger partial charge on any atom is -0.507 e.